The van der Waals surface area contributed by atoms with Crippen molar-refractivity contribution in [3.8, 4) is 0 Å². The lowest BCUT2D eigenvalue weighted by atomic mass is 10.1. The van der Waals surface area contributed by atoms with Crippen LogP contribution in [0.3, 0.4) is 0 Å². The van der Waals surface area contributed by atoms with Gasteiger partial charge < -0.3 is 9.64 Å². The number of rotatable bonds is 1. The minimum atomic E-state index is 0.261. The molecule has 1 aliphatic carbocycles. The highest BCUT2D eigenvalue weighted by Gasteiger charge is 2.38. The third kappa shape index (κ3) is 1.70. The first kappa shape index (κ1) is 9.00. The number of morpholine rings is 1. The number of hydrogen-bond acceptors (Lipinski definition) is 2. The molecule has 2 unspecified atom stereocenters. The number of carbonyl (C=O) groups excluding carboxylic acids is 1. The highest BCUT2D eigenvalue weighted by atomic mass is 16.5. The first-order chi connectivity index (χ1) is 6.20. The summed E-state index contributed by atoms with van der Waals surface area (Å²) in [4.78, 5) is 13.9. The van der Waals surface area contributed by atoms with Crippen LogP contribution in [0, 0.1) is 5.92 Å². The summed E-state index contributed by atoms with van der Waals surface area (Å²) in [5, 5.41) is 0. The molecule has 3 heteroatoms. The molecule has 0 spiro atoms. The summed E-state index contributed by atoms with van der Waals surface area (Å²) < 4.78 is 5.38. The van der Waals surface area contributed by atoms with Gasteiger partial charge in [0, 0.05) is 5.92 Å². The summed E-state index contributed by atoms with van der Waals surface area (Å²) in [6.07, 6.45) is 2.19. The number of amides is 1. The fraction of sp³-hybridized carbons (Fsp3) is 0.900. The first-order valence-electron chi connectivity index (χ1n) is 5.10. The zero-order chi connectivity index (χ0) is 9.42. The Labute approximate surface area is 79.0 Å². The Morgan fingerprint density at radius 1 is 1.23 bits per heavy atom. The highest BCUT2D eigenvalue weighted by Crippen LogP contribution is 2.33. The average Bonchev–Trinajstić information content (AvgIpc) is 2.85. The van der Waals surface area contributed by atoms with Gasteiger partial charge in [0.1, 0.15) is 0 Å². The SMILES string of the molecule is CC1COCC(C)N1C(=O)C1CC1. The Morgan fingerprint density at radius 2 is 1.77 bits per heavy atom. The average molecular weight is 183 g/mol. The van der Waals surface area contributed by atoms with E-state index in [1.165, 1.54) is 0 Å². The van der Waals surface area contributed by atoms with E-state index >= 15 is 0 Å². The van der Waals surface area contributed by atoms with Gasteiger partial charge in [0.05, 0.1) is 25.3 Å². The molecule has 13 heavy (non-hydrogen) atoms. The van der Waals surface area contributed by atoms with Gasteiger partial charge in [-0.1, -0.05) is 0 Å². The smallest absolute Gasteiger partial charge is 0.226 e. The Balaban J connectivity index is 2.03. The number of ether oxygens (including phenoxy) is 1. The van der Waals surface area contributed by atoms with Gasteiger partial charge in [-0.25, -0.2) is 0 Å². The predicted octanol–water partition coefficient (Wildman–Crippen LogP) is 1.03. The van der Waals surface area contributed by atoms with Crippen LogP contribution in [0.5, 0.6) is 0 Å². The third-order valence-corrected chi connectivity index (χ3v) is 2.85. The molecule has 2 rings (SSSR count). The van der Waals surface area contributed by atoms with Gasteiger partial charge in [-0.2, -0.15) is 0 Å². The lowest BCUT2D eigenvalue weighted by Gasteiger charge is -2.39. The van der Waals surface area contributed by atoms with E-state index in [0.29, 0.717) is 25.0 Å². The summed E-state index contributed by atoms with van der Waals surface area (Å²) >= 11 is 0. The van der Waals surface area contributed by atoms with Crippen molar-refractivity contribution < 1.29 is 9.53 Å². The van der Waals surface area contributed by atoms with Crippen molar-refractivity contribution in [1.82, 2.24) is 4.90 Å². The van der Waals surface area contributed by atoms with Crippen LogP contribution < -0.4 is 0 Å². The van der Waals surface area contributed by atoms with Gasteiger partial charge >= 0.3 is 0 Å². The molecule has 0 aromatic rings. The van der Waals surface area contributed by atoms with E-state index in [9.17, 15) is 4.79 Å². The van der Waals surface area contributed by atoms with Gasteiger partial charge in [0.2, 0.25) is 5.91 Å². The Hall–Kier alpha value is -0.570. The molecule has 2 atom stereocenters. The normalized spacial score (nSPS) is 34.8. The van der Waals surface area contributed by atoms with Gasteiger partial charge in [0.25, 0.3) is 0 Å². The minimum Gasteiger partial charge on any atom is -0.377 e. The Bertz CT molecular complexity index is 203. The third-order valence-electron chi connectivity index (χ3n) is 2.85. The second kappa shape index (κ2) is 3.29. The van der Waals surface area contributed by atoms with E-state index in [4.69, 9.17) is 4.74 Å². The van der Waals surface area contributed by atoms with Crippen molar-refractivity contribution in [2.75, 3.05) is 13.2 Å². The highest BCUT2D eigenvalue weighted by molar-refractivity contribution is 5.81. The van der Waals surface area contributed by atoms with E-state index in [-0.39, 0.29) is 12.1 Å². The van der Waals surface area contributed by atoms with Crippen molar-refractivity contribution >= 4 is 5.91 Å². The topological polar surface area (TPSA) is 29.5 Å². The standard InChI is InChI=1S/C10H17NO2/c1-7-5-13-6-8(2)11(7)10(12)9-3-4-9/h7-9H,3-6H2,1-2H3. The second-order valence-electron chi connectivity index (χ2n) is 4.26. The number of carbonyl (C=O) groups is 1. The molecule has 2 aliphatic rings. The molecule has 0 aromatic heterocycles. The monoisotopic (exact) mass is 183 g/mol. The van der Waals surface area contributed by atoms with Crippen molar-refractivity contribution in [1.29, 1.82) is 0 Å². The molecule has 0 aromatic carbocycles. The molecule has 1 heterocycles. The van der Waals surface area contributed by atoms with Gasteiger partial charge in [0.15, 0.2) is 0 Å². The maximum Gasteiger partial charge on any atom is 0.226 e. The molecule has 3 nitrogen and oxygen atoms in total. The molecule has 1 amide bonds. The van der Waals surface area contributed by atoms with Crippen LogP contribution in [0.4, 0.5) is 0 Å². The van der Waals surface area contributed by atoms with E-state index in [1.807, 2.05) is 4.90 Å². The van der Waals surface area contributed by atoms with Crippen molar-refractivity contribution in [2.24, 2.45) is 5.92 Å². The van der Waals surface area contributed by atoms with Gasteiger partial charge in [-0.05, 0) is 26.7 Å². The van der Waals surface area contributed by atoms with Crippen molar-refractivity contribution in [3.05, 3.63) is 0 Å². The van der Waals surface area contributed by atoms with E-state index in [2.05, 4.69) is 13.8 Å². The Kier molecular flexibility index (Phi) is 2.28. The molecule has 0 radical (unpaired) electrons. The molecule has 0 N–H and O–H groups in total. The maximum absolute atomic E-state index is 11.9. The molecule has 74 valence electrons. The number of nitrogens with zero attached hydrogens (tertiary/aromatic N) is 1. The fourth-order valence-corrected chi connectivity index (χ4v) is 1.98. The number of hydrogen-bond donors (Lipinski definition) is 0. The summed E-state index contributed by atoms with van der Waals surface area (Å²) in [6, 6.07) is 0.522. The van der Waals surface area contributed by atoms with Crippen LogP contribution >= 0.6 is 0 Å². The fourth-order valence-electron chi connectivity index (χ4n) is 1.98. The van der Waals surface area contributed by atoms with Crippen LogP contribution in [0.25, 0.3) is 0 Å². The van der Waals surface area contributed by atoms with E-state index < -0.39 is 0 Å². The summed E-state index contributed by atoms with van der Waals surface area (Å²) in [6.45, 7) is 5.53. The van der Waals surface area contributed by atoms with Crippen LogP contribution in [-0.2, 0) is 9.53 Å². The Morgan fingerprint density at radius 3 is 2.23 bits per heavy atom. The van der Waals surface area contributed by atoms with Gasteiger partial charge in [-0.3, -0.25) is 4.79 Å². The maximum atomic E-state index is 11.9. The minimum absolute atomic E-state index is 0.261. The van der Waals surface area contributed by atoms with Crippen molar-refractivity contribution in [3.63, 3.8) is 0 Å². The molecular formula is C10H17NO2. The van der Waals surface area contributed by atoms with Crippen LogP contribution in [-0.4, -0.2) is 36.1 Å². The summed E-state index contributed by atoms with van der Waals surface area (Å²) in [7, 11) is 0. The van der Waals surface area contributed by atoms with Crippen LogP contribution in [0.15, 0.2) is 0 Å². The predicted molar refractivity (Wildman–Crippen MR) is 49.3 cm³/mol. The van der Waals surface area contributed by atoms with Crippen molar-refractivity contribution in [2.45, 2.75) is 38.8 Å². The van der Waals surface area contributed by atoms with E-state index in [0.717, 1.165) is 12.8 Å². The molecule has 0 bridgehead atoms. The second-order valence-corrected chi connectivity index (χ2v) is 4.26. The zero-order valence-corrected chi connectivity index (χ0v) is 8.32. The van der Waals surface area contributed by atoms with E-state index in [1.54, 1.807) is 0 Å². The zero-order valence-electron chi connectivity index (χ0n) is 8.32. The molecule has 1 aliphatic heterocycles. The molecule has 2 fully saturated rings. The molecular weight excluding hydrogens is 166 g/mol. The van der Waals surface area contributed by atoms with Crippen LogP contribution in [0.1, 0.15) is 26.7 Å². The summed E-state index contributed by atoms with van der Waals surface area (Å²) in [5.74, 6) is 0.686. The quantitative estimate of drug-likeness (QED) is 0.607. The molecule has 1 saturated carbocycles. The lowest BCUT2D eigenvalue weighted by Crippen LogP contribution is -2.53. The van der Waals surface area contributed by atoms with Gasteiger partial charge in [-0.15, -0.1) is 0 Å². The first-order valence-corrected chi connectivity index (χ1v) is 5.10. The lowest BCUT2D eigenvalue weighted by molar-refractivity contribution is -0.145. The van der Waals surface area contributed by atoms with Crippen LogP contribution in [0.2, 0.25) is 0 Å². The molecule has 1 saturated heterocycles. The largest absolute Gasteiger partial charge is 0.377 e. The summed E-state index contributed by atoms with van der Waals surface area (Å²) in [5.41, 5.74) is 0.